The molecule has 1 heterocycles. The van der Waals surface area contributed by atoms with Gasteiger partial charge in [0.15, 0.2) is 5.90 Å². The molecule has 0 atom stereocenters. The van der Waals surface area contributed by atoms with Crippen molar-refractivity contribution >= 4 is 5.90 Å². The molecule has 3 heteroatoms. The molecule has 0 aromatic carbocycles. The molecule has 0 spiro atoms. The monoisotopic (exact) mass is 178 g/mol. The first-order chi connectivity index (χ1) is 6.33. The maximum atomic E-state index is 5.59. The fourth-order valence-corrected chi connectivity index (χ4v) is 0.990. The lowest BCUT2D eigenvalue weighted by Gasteiger charge is -1.95. The smallest absolute Gasteiger partial charge is 0.187 e. The van der Waals surface area contributed by atoms with Crippen LogP contribution in [-0.2, 0) is 4.74 Å². The summed E-state index contributed by atoms with van der Waals surface area (Å²) in [5.74, 6) is 0.794. The van der Waals surface area contributed by atoms with Gasteiger partial charge in [-0.3, -0.25) is 4.99 Å². The highest BCUT2D eigenvalue weighted by atomic mass is 16.5. The Bertz CT molecular complexity index is 264. The van der Waals surface area contributed by atoms with Gasteiger partial charge < -0.3 is 10.5 Å². The molecule has 0 bridgehead atoms. The molecule has 1 aliphatic heterocycles. The highest BCUT2D eigenvalue weighted by Crippen LogP contribution is 2.00. The van der Waals surface area contributed by atoms with Gasteiger partial charge in [-0.25, -0.2) is 0 Å². The molecule has 0 saturated heterocycles. The Labute approximate surface area is 78.3 Å². The molecule has 0 aromatic rings. The lowest BCUT2D eigenvalue weighted by atomic mass is 10.3. The second-order valence-corrected chi connectivity index (χ2v) is 2.63. The average molecular weight is 178 g/mol. The zero-order chi connectivity index (χ0) is 9.52. The first kappa shape index (κ1) is 9.58. The molecule has 0 fully saturated rings. The van der Waals surface area contributed by atoms with E-state index in [0.717, 1.165) is 12.4 Å². The zero-order valence-corrected chi connectivity index (χ0v) is 7.57. The third-order valence-corrected chi connectivity index (χ3v) is 1.56. The third kappa shape index (κ3) is 3.60. The molecule has 0 aromatic heterocycles. The van der Waals surface area contributed by atoms with Crippen LogP contribution in [0.25, 0.3) is 0 Å². The van der Waals surface area contributed by atoms with Crippen LogP contribution >= 0.6 is 0 Å². The molecule has 70 valence electrons. The van der Waals surface area contributed by atoms with Gasteiger partial charge in [0, 0.05) is 12.1 Å². The summed E-state index contributed by atoms with van der Waals surface area (Å²) in [7, 11) is 0. The first-order valence-corrected chi connectivity index (χ1v) is 4.24. The van der Waals surface area contributed by atoms with Gasteiger partial charge in [0.25, 0.3) is 0 Å². The van der Waals surface area contributed by atoms with E-state index in [4.69, 9.17) is 10.5 Å². The van der Waals surface area contributed by atoms with Crippen molar-refractivity contribution in [2.75, 3.05) is 13.2 Å². The average Bonchev–Trinajstić information content (AvgIpc) is 2.57. The van der Waals surface area contributed by atoms with E-state index in [2.05, 4.69) is 11.6 Å². The summed E-state index contributed by atoms with van der Waals surface area (Å²) in [6.07, 6.45) is 7.87. The number of hydrogen-bond acceptors (Lipinski definition) is 3. The van der Waals surface area contributed by atoms with Crippen molar-refractivity contribution < 1.29 is 4.74 Å². The van der Waals surface area contributed by atoms with E-state index < -0.39 is 0 Å². The summed E-state index contributed by atoms with van der Waals surface area (Å²) in [6, 6.07) is 0. The molecule has 3 nitrogen and oxygen atoms in total. The van der Waals surface area contributed by atoms with Gasteiger partial charge in [-0.05, 0) is 12.2 Å². The summed E-state index contributed by atoms with van der Waals surface area (Å²) in [5.41, 5.74) is 6.28. The van der Waals surface area contributed by atoms with Gasteiger partial charge in [-0.2, -0.15) is 0 Å². The normalized spacial score (nSPS) is 17.2. The minimum Gasteiger partial charge on any atom is -0.479 e. The molecule has 13 heavy (non-hydrogen) atoms. The standard InChI is InChI=1S/C10H14N2O/c1-2-4-9(11)5-3-6-10-12-7-8-13-10/h2-5H,1,6-8,11H2/b5-3-,9-4+. The number of allylic oxidation sites excluding steroid dienone is 3. The van der Waals surface area contributed by atoms with Gasteiger partial charge in [-0.1, -0.05) is 18.7 Å². The van der Waals surface area contributed by atoms with Crippen LogP contribution < -0.4 is 5.73 Å². The van der Waals surface area contributed by atoms with Crippen LogP contribution in [0.2, 0.25) is 0 Å². The molecule has 0 saturated carbocycles. The lowest BCUT2D eigenvalue weighted by Crippen LogP contribution is -1.97. The summed E-state index contributed by atoms with van der Waals surface area (Å²) in [5, 5.41) is 0. The van der Waals surface area contributed by atoms with Crippen LogP contribution in [0.15, 0.2) is 41.6 Å². The number of nitrogens with two attached hydrogens (primary N) is 1. The maximum Gasteiger partial charge on any atom is 0.187 e. The van der Waals surface area contributed by atoms with Crippen molar-refractivity contribution in [2.45, 2.75) is 6.42 Å². The van der Waals surface area contributed by atoms with E-state index in [9.17, 15) is 0 Å². The van der Waals surface area contributed by atoms with Crippen molar-refractivity contribution in [3.05, 3.63) is 36.6 Å². The molecule has 0 radical (unpaired) electrons. The highest BCUT2D eigenvalue weighted by Gasteiger charge is 2.03. The fourth-order valence-electron chi connectivity index (χ4n) is 0.990. The first-order valence-electron chi connectivity index (χ1n) is 4.24. The van der Waals surface area contributed by atoms with Crippen LogP contribution in [0.1, 0.15) is 6.42 Å². The molecule has 0 aliphatic carbocycles. The number of ether oxygens (including phenoxy) is 1. The third-order valence-electron chi connectivity index (χ3n) is 1.56. The second-order valence-electron chi connectivity index (χ2n) is 2.63. The highest BCUT2D eigenvalue weighted by molar-refractivity contribution is 5.78. The van der Waals surface area contributed by atoms with Crippen LogP contribution in [0, 0.1) is 0 Å². The Kier molecular flexibility index (Phi) is 3.82. The Morgan fingerprint density at radius 3 is 3.15 bits per heavy atom. The molecular formula is C10H14N2O. The Hall–Kier alpha value is -1.51. The summed E-state index contributed by atoms with van der Waals surface area (Å²) in [4.78, 5) is 4.14. The Morgan fingerprint density at radius 1 is 1.69 bits per heavy atom. The van der Waals surface area contributed by atoms with Crippen molar-refractivity contribution in [2.24, 2.45) is 10.7 Å². The fraction of sp³-hybridized carbons (Fsp3) is 0.300. The predicted octanol–water partition coefficient (Wildman–Crippen LogP) is 1.39. The van der Waals surface area contributed by atoms with Crippen LogP contribution in [0.5, 0.6) is 0 Å². The number of hydrogen-bond donors (Lipinski definition) is 1. The number of nitrogens with zero attached hydrogens (tertiary/aromatic N) is 1. The van der Waals surface area contributed by atoms with Crippen molar-refractivity contribution in [3.8, 4) is 0 Å². The van der Waals surface area contributed by atoms with E-state index >= 15 is 0 Å². The quantitative estimate of drug-likeness (QED) is 0.661. The largest absolute Gasteiger partial charge is 0.479 e. The van der Waals surface area contributed by atoms with Crippen molar-refractivity contribution in [1.82, 2.24) is 0 Å². The van der Waals surface area contributed by atoms with Crippen LogP contribution in [0.4, 0.5) is 0 Å². The summed E-state index contributed by atoms with van der Waals surface area (Å²) < 4.78 is 5.21. The van der Waals surface area contributed by atoms with Crippen molar-refractivity contribution in [3.63, 3.8) is 0 Å². The van der Waals surface area contributed by atoms with Gasteiger partial charge in [-0.15, -0.1) is 0 Å². The SMILES string of the molecule is C=C/C=C(N)\C=C/CC1=NCCO1. The molecular weight excluding hydrogens is 164 g/mol. The lowest BCUT2D eigenvalue weighted by molar-refractivity contribution is 0.341. The number of rotatable bonds is 4. The van der Waals surface area contributed by atoms with E-state index in [1.807, 2.05) is 12.2 Å². The minimum absolute atomic E-state index is 0.689. The topological polar surface area (TPSA) is 47.6 Å². The van der Waals surface area contributed by atoms with Crippen LogP contribution in [-0.4, -0.2) is 19.0 Å². The number of aliphatic imine (C=N–C) groups is 1. The molecule has 0 unspecified atom stereocenters. The Morgan fingerprint density at radius 2 is 2.54 bits per heavy atom. The van der Waals surface area contributed by atoms with E-state index in [-0.39, 0.29) is 0 Å². The summed E-state index contributed by atoms with van der Waals surface area (Å²) in [6.45, 7) is 5.04. The van der Waals surface area contributed by atoms with E-state index in [1.165, 1.54) is 0 Å². The molecule has 2 N–H and O–H groups in total. The maximum absolute atomic E-state index is 5.59. The molecule has 1 aliphatic rings. The van der Waals surface area contributed by atoms with Crippen molar-refractivity contribution in [1.29, 1.82) is 0 Å². The van der Waals surface area contributed by atoms with Gasteiger partial charge in [0.2, 0.25) is 0 Å². The second kappa shape index (κ2) is 5.19. The van der Waals surface area contributed by atoms with Gasteiger partial charge in [0.05, 0.1) is 6.54 Å². The minimum atomic E-state index is 0.689. The zero-order valence-electron chi connectivity index (χ0n) is 7.57. The van der Waals surface area contributed by atoms with Gasteiger partial charge in [0.1, 0.15) is 6.61 Å². The summed E-state index contributed by atoms with van der Waals surface area (Å²) >= 11 is 0. The van der Waals surface area contributed by atoms with E-state index in [0.29, 0.717) is 18.7 Å². The Balaban J connectivity index is 2.32. The predicted molar refractivity (Wildman–Crippen MR) is 54.5 cm³/mol. The van der Waals surface area contributed by atoms with E-state index in [1.54, 1.807) is 12.2 Å². The molecule has 1 rings (SSSR count). The van der Waals surface area contributed by atoms with Gasteiger partial charge >= 0.3 is 0 Å². The molecule has 0 amide bonds. The van der Waals surface area contributed by atoms with Crippen LogP contribution in [0.3, 0.4) is 0 Å².